The van der Waals surface area contributed by atoms with Crippen LogP contribution in [0.2, 0.25) is 0 Å². The molecule has 4 heteroatoms. The van der Waals surface area contributed by atoms with Gasteiger partial charge in [0.1, 0.15) is 5.82 Å². The average molecular weight is 262 g/mol. The van der Waals surface area contributed by atoms with E-state index in [1.165, 1.54) is 17.4 Å². The second-order valence-electron chi connectivity index (χ2n) is 3.84. The van der Waals surface area contributed by atoms with Crippen molar-refractivity contribution in [3.63, 3.8) is 0 Å². The fraction of sp³-hybridized carbons (Fsp3) is 0.0714. The third-order valence-corrected chi connectivity index (χ3v) is 3.36. The van der Waals surface area contributed by atoms with Crippen molar-refractivity contribution in [2.24, 2.45) is 0 Å². The van der Waals surface area contributed by atoms with E-state index >= 15 is 0 Å². The van der Waals surface area contributed by atoms with Crippen LogP contribution in [0, 0.1) is 12.7 Å². The summed E-state index contributed by atoms with van der Waals surface area (Å²) in [7, 11) is 0. The van der Waals surface area contributed by atoms with E-state index in [2.05, 4.69) is 0 Å². The van der Waals surface area contributed by atoms with Gasteiger partial charge in [-0.15, -0.1) is 11.3 Å². The summed E-state index contributed by atoms with van der Waals surface area (Å²) in [6.07, 6.45) is 1.55. The molecule has 0 aliphatic carbocycles. The first-order valence-electron chi connectivity index (χ1n) is 5.33. The van der Waals surface area contributed by atoms with Crippen molar-refractivity contribution in [2.75, 3.05) is 0 Å². The minimum absolute atomic E-state index is 0.0938. The minimum Gasteiger partial charge on any atom is -0.478 e. The maximum atomic E-state index is 13.5. The molecule has 1 aromatic carbocycles. The molecule has 0 atom stereocenters. The molecule has 0 spiro atoms. The van der Waals surface area contributed by atoms with Gasteiger partial charge in [-0.1, -0.05) is 18.2 Å². The van der Waals surface area contributed by atoms with Crippen LogP contribution in [0.5, 0.6) is 0 Å². The Bertz CT molecular complexity index is 600. The maximum Gasteiger partial charge on any atom is 0.336 e. The molecular weight excluding hydrogens is 251 g/mol. The number of rotatable bonds is 3. The number of thiophene rings is 1. The summed E-state index contributed by atoms with van der Waals surface area (Å²) >= 11 is 1.44. The SMILES string of the molecule is Cc1ccc(/C(=C/c2cccs2)C(=O)O)cc1F. The van der Waals surface area contributed by atoms with Gasteiger partial charge in [0.25, 0.3) is 0 Å². The van der Waals surface area contributed by atoms with Gasteiger partial charge >= 0.3 is 5.97 Å². The molecule has 0 amide bonds. The van der Waals surface area contributed by atoms with E-state index in [4.69, 9.17) is 0 Å². The first-order chi connectivity index (χ1) is 8.58. The molecule has 0 unspecified atom stereocenters. The summed E-state index contributed by atoms with van der Waals surface area (Å²) in [6, 6.07) is 8.11. The zero-order valence-electron chi connectivity index (χ0n) is 9.68. The summed E-state index contributed by atoms with van der Waals surface area (Å²) in [5.74, 6) is -1.46. The first kappa shape index (κ1) is 12.5. The van der Waals surface area contributed by atoms with Crippen LogP contribution < -0.4 is 0 Å². The van der Waals surface area contributed by atoms with Crippen molar-refractivity contribution in [3.8, 4) is 0 Å². The van der Waals surface area contributed by atoms with E-state index in [1.54, 1.807) is 25.1 Å². The molecule has 0 bridgehead atoms. The summed E-state index contributed by atoms with van der Waals surface area (Å²) in [4.78, 5) is 12.1. The van der Waals surface area contributed by atoms with Crippen LogP contribution in [-0.2, 0) is 4.79 Å². The zero-order chi connectivity index (χ0) is 13.1. The monoisotopic (exact) mass is 262 g/mol. The van der Waals surface area contributed by atoms with E-state index in [0.717, 1.165) is 4.88 Å². The Labute approximate surface area is 108 Å². The molecule has 2 aromatic rings. The summed E-state index contributed by atoms with van der Waals surface area (Å²) in [5, 5.41) is 11.1. The van der Waals surface area contributed by atoms with Crippen molar-refractivity contribution in [1.82, 2.24) is 0 Å². The number of aryl methyl sites for hydroxylation is 1. The lowest BCUT2D eigenvalue weighted by Gasteiger charge is -2.04. The summed E-state index contributed by atoms with van der Waals surface area (Å²) in [5.41, 5.74) is 0.968. The van der Waals surface area contributed by atoms with Crippen LogP contribution in [0.1, 0.15) is 16.0 Å². The van der Waals surface area contributed by atoms with Crippen molar-refractivity contribution in [2.45, 2.75) is 6.92 Å². The lowest BCUT2D eigenvalue weighted by molar-refractivity contribution is -0.130. The van der Waals surface area contributed by atoms with Crippen LogP contribution in [0.3, 0.4) is 0 Å². The third-order valence-electron chi connectivity index (χ3n) is 2.54. The van der Waals surface area contributed by atoms with E-state index in [-0.39, 0.29) is 5.57 Å². The molecule has 0 saturated heterocycles. The molecule has 1 N–H and O–H groups in total. The number of halogens is 1. The van der Waals surface area contributed by atoms with Crippen molar-refractivity contribution < 1.29 is 14.3 Å². The smallest absolute Gasteiger partial charge is 0.336 e. The van der Waals surface area contributed by atoms with Crippen molar-refractivity contribution in [3.05, 3.63) is 57.5 Å². The molecule has 92 valence electrons. The normalized spacial score (nSPS) is 11.6. The van der Waals surface area contributed by atoms with Crippen molar-refractivity contribution in [1.29, 1.82) is 0 Å². The van der Waals surface area contributed by atoms with Crippen LogP contribution >= 0.6 is 11.3 Å². The highest BCUT2D eigenvalue weighted by atomic mass is 32.1. The number of aliphatic carboxylic acids is 1. The second-order valence-corrected chi connectivity index (χ2v) is 4.82. The van der Waals surface area contributed by atoms with Gasteiger partial charge in [0, 0.05) is 4.88 Å². The fourth-order valence-corrected chi connectivity index (χ4v) is 2.20. The largest absolute Gasteiger partial charge is 0.478 e. The van der Waals surface area contributed by atoms with Gasteiger partial charge < -0.3 is 5.11 Å². The minimum atomic E-state index is -1.06. The van der Waals surface area contributed by atoms with Crippen LogP contribution in [0.15, 0.2) is 35.7 Å². The number of benzene rings is 1. The zero-order valence-corrected chi connectivity index (χ0v) is 10.5. The lowest BCUT2D eigenvalue weighted by atomic mass is 10.0. The Balaban J connectivity index is 2.48. The Hall–Kier alpha value is -1.94. The molecule has 1 heterocycles. The molecular formula is C14H11FO2S. The average Bonchev–Trinajstić information content (AvgIpc) is 2.82. The van der Waals surface area contributed by atoms with Crippen molar-refractivity contribution >= 4 is 29.0 Å². The Morgan fingerprint density at radius 3 is 2.72 bits per heavy atom. The molecule has 0 fully saturated rings. The fourth-order valence-electron chi connectivity index (χ4n) is 1.54. The van der Waals surface area contributed by atoms with E-state index in [9.17, 15) is 14.3 Å². The quantitative estimate of drug-likeness (QED) is 0.854. The highest BCUT2D eigenvalue weighted by Gasteiger charge is 2.12. The predicted octanol–water partition coefficient (Wildman–Crippen LogP) is 3.82. The molecule has 0 radical (unpaired) electrons. The number of hydrogen-bond donors (Lipinski definition) is 1. The predicted molar refractivity (Wildman–Crippen MR) is 71.0 cm³/mol. The van der Waals surface area contributed by atoms with Gasteiger partial charge in [0.05, 0.1) is 5.57 Å². The third kappa shape index (κ3) is 2.65. The van der Waals surface area contributed by atoms with Crippen LogP contribution in [-0.4, -0.2) is 11.1 Å². The molecule has 18 heavy (non-hydrogen) atoms. The van der Waals surface area contributed by atoms with Gasteiger partial charge in [-0.05, 0) is 41.6 Å². The molecule has 2 nitrogen and oxygen atoms in total. The molecule has 0 saturated carbocycles. The number of carboxylic acid groups (broad SMARTS) is 1. The van der Waals surface area contributed by atoms with Crippen LogP contribution in [0.25, 0.3) is 11.6 Å². The lowest BCUT2D eigenvalue weighted by Crippen LogP contribution is -2.00. The highest BCUT2D eigenvalue weighted by Crippen LogP contribution is 2.22. The maximum absolute atomic E-state index is 13.5. The summed E-state index contributed by atoms with van der Waals surface area (Å²) < 4.78 is 13.5. The van der Waals surface area contributed by atoms with Gasteiger partial charge in [-0.2, -0.15) is 0 Å². The van der Waals surface area contributed by atoms with E-state index < -0.39 is 11.8 Å². The summed E-state index contributed by atoms with van der Waals surface area (Å²) in [6.45, 7) is 1.64. The number of carboxylic acids is 1. The van der Waals surface area contributed by atoms with Gasteiger partial charge in [0.2, 0.25) is 0 Å². The standard InChI is InChI=1S/C14H11FO2S/c1-9-4-5-10(7-13(9)15)12(14(16)17)8-11-3-2-6-18-11/h2-8H,1H3,(H,16,17)/b12-8-. The van der Waals surface area contributed by atoms with Gasteiger partial charge in [-0.3, -0.25) is 0 Å². The first-order valence-corrected chi connectivity index (χ1v) is 6.21. The van der Waals surface area contributed by atoms with Gasteiger partial charge in [-0.25, -0.2) is 9.18 Å². The number of hydrogen-bond acceptors (Lipinski definition) is 2. The second kappa shape index (κ2) is 5.14. The van der Waals surface area contributed by atoms with Crippen LogP contribution in [0.4, 0.5) is 4.39 Å². The Morgan fingerprint density at radius 1 is 1.39 bits per heavy atom. The Morgan fingerprint density at radius 2 is 2.17 bits per heavy atom. The van der Waals surface area contributed by atoms with E-state index in [0.29, 0.717) is 11.1 Å². The molecule has 0 aliphatic heterocycles. The highest BCUT2D eigenvalue weighted by molar-refractivity contribution is 7.10. The molecule has 2 rings (SSSR count). The topological polar surface area (TPSA) is 37.3 Å². The number of carbonyl (C=O) groups is 1. The van der Waals surface area contributed by atoms with Gasteiger partial charge in [0.15, 0.2) is 0 Å². The molecule has 0 aliphatic rings. The molecule has 1 aromatic heterocycles. The van der Waals surface area contributed by atoms with E-state index in [1.807, 2.05) is 17.5 Å². The Kier molecular flexibility index (Phi) is 3.58.